The predicted molar refractivity (Wildman–Crippen MR) is 63.5 cm³/mol. The second-order valence-corrected chi connectivity index (χ2v) is 7.95. The monoisotopic (exact) mass is 224 g/mol. The fourth-order valence-corrected chi connectivity index (χ4v) is 2.85. The van der Waals surface area contributed by atoms with Crippen molar-refractivity contribution in [2.45, 2.75) is 12.3 Å². The van der Waals surface area contributed by atoms with Crippen molar-refractivity contribution in [3.05, 3.63) is 29.8 Å². The molecule has 2 rings (SSSR count). The van der Waals surface area contributed by atoms with Gasteiger partial charge < -0.3 is 9.67 Å². The number of aliphatic hydroxyl groups excluding tert-OH is 1. The zero-order chi connectivity index (χ0) is 11.1. The van der Waals surface area contributed by atoms with Crippen LogP contribution in [0.5, 0.6) is 0 Å². The molecule has 1 fully saturated rings. The Bertz CT molecular complexity index is 408. The fraction of sp³-hybridized carbons (Fsp3) is 0.500. The molecular weight excluding hydrogens is 207 g/mol. The van der Waals surface area contributed by atoms with Crippen LogP contribution in [0.25, 0.3) is 0 Å². The van der Waals surface area contributed by atoms with E-state index >= 15 is 0 Å². The molecule has 82 valence electrons. The molecule has 1 aliphatic carbocycles. The summed E-state index contributed by atoms with van der Waals surface area (Å²) in [7, 11) is -2.15. The molecule has 0 radical (unpaired) electrons. The molecule has 3 heteroatoms. The van der Waals surface area contributed by atoms with Crippen LogP contribution < -0.4 is 5.30 Å². The first-order valence-corrected chi connectivity index (χ1v) is 7.89. The van der Waals surface area contributed by atoms with Gasteiger partial charge in [0.15, 0.2) is 0 Å². The molecule has 1 saturated carbocycles. The second kappa shape index (κ2) is 3.77. The summed E-state index contributed by atoms with van der Waals surface area (Å²) in [6.07, 6.45) is 1.07. The van der Waals surface area contributed by atoms with E-state index in [1.54, 1.807) is 13.3 Å². The summed E-state index contributed by atoms with van der Waals surface area (Å²) in [6.45, 7) is 3.86. The summed E-state index contributed by atoms with van der Waals surface area (Å²) in [4.78, 5) is 0. The molecule has 1 aromatic carbocycles. The first-order chi connectivity index (χ1) is 7.02. The van der Waals surface area contributed by atoms with Gasteiger partial charge in [-0.25, -0.2) is 0 Å². The molecule has 0 amide bonds. The van der Waals surface area contributed by atoms with Crippen LogP contribution in [0.4, 0.5) is 0 Å². The van der Waals surface area contributed by atoms with Gasteiger partial charge in [0.2, 0.25) is 0 Å². The van der Waals surface area contributed by atoms with Gasteiger partial charge in [0.1, 0.15) is 7.14 Å². The van der Waals surface area contributed by atoms with Crippen LogP contribution in [0.1, 0.15) is 17.9 Å². The fourth-order valence-electron chi connectivity index (χ4n) is 1.95. The number of hydrogen-bond donors (Lipinski definition) is 1. The lowest BCUT2D eigenvalue weighted by Crippen LogP contribution is -2.03. The minimum atomic E-state index is -2.15. The summed E-state index contributed by atoms with van der Waals surface area (Å²) in [5, 5.41) is 9.96. The Morgan fingerprint density at radius 1 is 1.47 bits per heavy atom. The van der Waals surface area contributed by atoms with E-state index in [4.69, 9.17) is 5.11 Å². The van der Waals surface area contributed by atoms with Gasteiger partial charge in [-0.2, -0.15) is 0 Å². The van der Waals surface area contributed by atoms with Crippen molar-refractivity contribution in [1.29, 1.82) is 0 Å². The van der Waals surface area contributed by atoms with E-state index in [-0.39, 0.29) is 6.61 Å². The Labute approximate surface area is 90.7 Å². The van der Waals surface area contributed by atoms with Crippen LogP contribution in [0, 0.1) is 5.92 Å². The Balaban J connectivity index is 2.25. The van der Waals surface area contributed by atoms with Crippen molar-refractivity contribution in [2.24, 2.45) is 5.92 Å². The maximum absolute atomic E-state index is 11.9. The van der Waals surface area contributed by atoms with E-state index in [0.29, 0.717) is 11.8 Å². The molecule has 0 aromatic heterocycles. The number of benzene rings is 1. The van der Waals surface area contributed by atoms with Crippen LogP contribution in [0.3, 0.4) is 0 Å². The first-order valence-electron chi connectivity index (χ1n) is 5.28. The van der Waals surface area contributed by atoms with E-state index in [0.717, 1.165) is 11.7 Å². The Kier molecular flexibility index (Phi) is 2.74. The van der Waals surface area contributed by atoms with Crippen LogP contribution in [-0.2, 0) is 4.57 Å². The SMILES string of the molecule is CP(C)(=O)c1cccc(C2CC2CO)c1. The maximum Gasteiger partial charge on any atom is 0.109 e. The van der Waals surface area contributed by atoms with E-state index in [1.807, 2.05) is 18.2 Å². The topological polar surface area (TPSA) is 37.3 Å². The molecule has 15 heavy (non-hydrogen) atoms. The van der Waals surface area contributed by atoms with Gasteiger partial charge >= 0.3 is 0 Å². The molecule has 2 unspecified atom stereocenters. The van der Waals surface area contributed by atoms with Crippen molar-refractivity contribution in [2.75, 3.05) is 19.9 Å². The van der Waals surface area contributed by atoms with Gasteiger partial charge in [-0.3, -0.25) is 0 Å². The Hall–Kier alpha value is -0.590. The lowest BCUT2D eigenvalue weighted by atomic mass is 10.1. The molecular formula is C12H17O2P. The van der Waals surface area contributed by atoms with Crippen LogP contribution in [0.15, 0.2) is 24.3 Å². The van der Waals surface area contributed by atoms with E-state index in [1.165, 1.54) is 5.56 Å². The Morgan fingerprint density at radius 3 is 2.73 bits per heavy atom. The largest absolute Gasteiger partial charge is 0.396 e. The van der Waals surface area contributed by atoms with Crippen LogP contribution >= 0.6 is 7.14 Å². The smallest absolute Gasteiger partial charge is 0.109 e. The molecule has 2 atom stereocenters. The highest BCUT2D eigenvalue weighted by atomic mass is 31.2. The summed E-state index contributed by atoms with van der Waals surface area (Å²) >= 11 is 0. The predicted octanol–water partition coefficient (Wildman–Crippen LogP) is 2.03. The molecule has 0 spiro atoms. The minimum Gasteiger partial charge on any atom is -0.396 e. The van der Waals surface area contributed by atoms with Crippen LogP contribution in [0.2, 0.25) is 0 Å². The molecule has 0 aliphatic heterocycles. The summed E-state index contributed by atoms with van der Waals surface area (Å²) in [6, 6.07) is 8.01. The third-order valence-electron chi connectivity index (χ3n) is 3.08. The van der Waals surface area contributed by atoms with Crippen molar-refractivity contribution >= 4 is 12.4 Å². The molecule has 2 nitrogen and oxygen atoms in total. The highest BCUT2D eigenvalue weighted by molar-refractivity contribution is 7.70. The highest BCUT2D eigenvalue weighted by Gasteiger charge is 2.37. The number of rotatable bonds is 3. The Morgan fingerprint density at radius 2 is 2.20 bits per heavy atom. The normalized spacial score (nSPS) is 25.3. The zero-order valence-corrected chi connectivity index (χ0v) is 10.1. The van der Waals surface area contributed by atoms with Gasteiger partial charge in [-0.15, -0.1) is 0 Å². The van der Waals surface area contributed by atoms with Crippen molar-refractivity contribution < 1.29 is 9.67 Å². The molecule has 1 aliphatic rings. The average molecular weight is 224 g/mol. The van der Waals surface area contributed by atoms with Gasteiger partial charge in [0, 0.05) is 11.9 Å². The summed E-state index contributed by atoms with van der Waals surface area (Å²) in [5.74, 6) is 0.912. The van der Waals surface area contributed by atoms with E-state index < -0.39 is 7.14 Å². The standard InChI is InChI=1S/C12H17O2P/c1-15(2,14)11-5-3-4-9(6-11)12-7-10(12)8-13/h3-6,10,12-13H,7-8H2,1-2H3. The first kappa shape index (κ1) is 10.9. The lowest BCUT2D eigenvalue weighted by molar-refractivity contribution is 0.274. The van der Waals surface area contributed by atoms with Crippen LogP contribution in [-0.4, -0.2) is 25.0 Å². The maximum atomic E-state index is 11.9. The minimum absolute atomic E-state index is 0.269. The van der Waals surface area contributed by atoms with E-state index in [9.17, 15) is 4.57 Å². The highest BCUT2D eigenvalue weighted by Crippen LogP contribution is 2.47. The van der Waals surface area contributed by atoms with Crippen molar-refractivity contribution in [1.82, 2.24) is 0 Å². The van der Waals surface area contributed by atoms with Crippen molar-refractivity contribution in [3.63, 3.8) is 0 Å². The van der Waals surface area contributed by atoms with Gasteiger partial charge in [-0.05, 0) is 43.2 Å². The third kappa shape index (κ3) is 2.32. The summed E-state index contributed by atoms with van der Waals surface area (Å²) < 4.78 is 11.9. The lowest BCUT2D eigenvalue weighted by Gasteiger charge is -2.08. The zero-order valence-electron chi connectivity index (χ0n) is 9.18. The molecule has 1 aromatic rings. The molecule has 1 N–H and O–H groups in total. The van der Waals surface area contributed by atoms with Gasteiger partial charge in [0.05, 0.1) is 0 Å². The molecule has 0 bridgehead atoms. The second-order valence-electron chi connectivity index (χ2n) is 4.73. The number of hydrogen-bond acceptors (Lipinski definition) is 2. The third-order valence-corrected chi connectivity index (χ3v) is 4.60. The number of aliphatic hydroxyl groups is 1. The molecule has 0 heterocycles. The van der Waals surface area contributed by atoms with Crippen molar-refractivity contribution in [3.8, 4) is 0 Å². The summed E-state index contributed by atoms with van der Waals surface area (Å²) in [5.41, 5.74) is 1.23. The van der Waals surface area contributed by atoms with Gasteiger partial charge in [-0.1, -0.05) is 18.2 Å². The van der Waals surface area contributed by atoms with Gasteiger partial charge in [0.25, 0.3) is 0 Å². The molecule has 0 saturated heterocycles. The van der Waals surface area contributed by atoms with E-state index in [2.05, 4.69) is 6.07 Å². The quantitative estimate of drug-likeness (QED) is 0.798. The average Bonchev–Trinajstić information content (AvgIpc) is 2.95.